The number of rotatable bonds is 5. The molecule has 2 aromatic heterocycles. The monoisotopic (exact) mass is 387 g/mol. The van der Waals surface area contributed by atoms with Crippen LogP contribution in [0.5, 0.6) is 0 Å². The van der Waals surface area contributed by atoms with Gasteiger partial charge < -0.3 is 9.72 Å². The number of aromatic amines is 1. The van der Waals surface area contributed by atoms with Crippen molar-refractivity contribution < 1.29 is 9.53 Å². The van der Waals surface area contributed by atoms with Gasteiger partial charge in [-0.1, -0.05) is 12.1 Å². The maximum absolute atomic E-state index is 12.4. The Bertz CT molecular complexity index is 1190. The fourth-order valence-corrected chi connectivity index (χ4v) is 3.24. The predicted octanol–water partition coefficient (Wildman–Crippen LogP) is 5.15. The lowest BCUT2D eigenvalue weighted by atomic mass is 10.1. The Morgan fingerprint density at radius 2 is 1.90 bits per heavy atom. The van der Waals surface area contributed by atoms with Crippen LogP contribution in [0.15, 0.2) is 54.6 Å². The molecule has 0 fully saturated rings. The van der Waals surface area contributed by atoms with Crippen LogP contribution >= 0.6 is 0 Å². The minimum atomic E-state index is -0.322. The van der Waals surface area contributed by atoms with E-state index in [1.807, 2.05) is 36.2 Å². The highest BCUT2D eigenvalue weighted by Crippen LogP contribution is 2.26. The van der Waals surface area contributed by atoms with E-state index in [2.05, 4.69) is 50.0 Å². The van der Waals surface area contributed by atoms with Gasteiger partial charge in [0.15, 0.2) is 0 Å². The van der Waals surface area contributed by atoms with Crippen LogP contribution in [-0.4, -0.2) is 40.7 Å². The number of ether oxygens (including phenoxy) is 1. The summed E-state index contributed by atoms with van der Waals surface area (Å²) in [6.07, 6.45) is 0. The van der Waals surface area contributed by atoms with Crippen molar-refractivity contribution in [1.82, 2.24) is 14.9 Å². The molecule has 5 nitrogen and oxygen atoms in total. The van der Waals surface area contributed by atoms with E-state index >= 15 is 0 Å². The number of aromatic nitrogens is 2. The fraction of sp³-hybridized carbons (Fsp3) is 0.250. The number of carbonyl (C=O) groups is 1. The third-order valence-corrected chi connectivity index (χ3v) is 5.26. The molecule has 4 aromatic rings. The van der Waals surface area contributed by atoms with Crippen LogP contribution in [0.2, 0.25) is 0 Å². The van der Waals surface area contributed by atoms with Crippen LogP contribution in [-0.2, 0) is 4.74 Å². The SMILES string of the molecule is Cc1cc2cc(-c3ccc4cc(C(=O)OCN(C)C(C)C)ccc4n3)ccc2[nH]1. The lowest BCUT2D eigenvalue weighted by Gasteiger charge is -2.20. The van der Waals surface area contributed by atoms with Gasteiger partial charge in [-0.25, -0.2) is 9.78 Å². The summed E-state index contributed by atoms with van der Waals surface area (Å²) in [6.45, 7) is 6.44. The van der Waals surface area contributed by atoms with Crippen LogP contribution in [0, 0.1) is 6.92 Å². The van der Waals surface area contributed by atoms with Crippen LogP contribution in [0.25, 0.3) is 33.1 Å². The number of esters is 1. The van der Waals surface area contributed by atoms with Gasteiger partial charge in [0.1, 0.15) is 6.73 Å². The summed E-state index contributed by atoms with van der Waals surface area (Å²) in [5.41, 5.74) is 5.63. The smallest absolute Gasteiger partial charge is 0.339 e. The molecule has 2 heterocycles. The number of aryl methyl sites for hydroxylation is 1. The number of benzene rings is 2. The minimum absolute atomic E-state index is 0.271. The second-order valence-corrected chi connectivity index (χ2v) is 7.77. The van der Waals surface area contributed by atoms with Gasteiger partial charge in [-0.2, -0.15) is 0 Å². The zero-order chi connectivity index (χ0) is 20.5. The lowest BCUT2D eigenvalue weighted by molar-refractivity contribution is 0.0214. The Morgan fingerprint density at radius 3 is 2.69 bits per heavy atom. The third-order valence-electron chi connectivity index (χ3n) is 5.26. The largest absolute Gasteiger partial charge is 0.446 e. The Morgan fingerprint density at radius 1 is 1.07 bits per heavy atom. The Labute approximate surface area is 170 Å². The first-order chi connectivity index (χ1) is 13.9. The zero-order valence-corrected chi connectivity index (χ0v) is 17.2. The summed E-state index contributed by atoms with van der Waals surface area (Å²) in [4.78, 5) is 22.5. The molecule has 148 valence electrons. The maximum Gasteiger partial charge on any atom is 0.339 e. The summed E-state index contributed by atoms with van der Waals surface area (Å²) >= 11 is 0. The first-order valence-electron chi connectivity index (χ1n) is 9.78. The molecule has 0 aliphatic heterocycles. The van der Waals surface area contributed by atoms with Gasteiger partial charge in [0, 0.05) is 33.6 Å². The predicted molar refractivity (Wildman–Crippen MR) is 117 cm³/mol. The van der Waals surface area contributed by atoms with Crippen LogP contribution in [0.1, 0.15) is 29.9 Å². The summed E-state index contributed by atoms with van der Waals surface area (Å²) < 4.78 is 5.40. The standard InChI is InChI=1S/C24H25N3O2/c1-15(2)27(4)14-29-24(28)19-7-10-22-17(12-19)5-8-21(26-22)18-6-9-23-20(13-18)11-16(3)25-23/h5-13,15,25H,14H2,1-4H3. The van der Waals surface area contributed by atoms with Crippen molar-refractivity contribution in [1.29, 1.82) is 0 Å². The molecule has 29 heavy (non-hydrogen) atoms. The van der Waals surface area contributed by atoms with Crippen LogP contribution in [0.3, 0.4) is 0 Å². The van der Waals surface area contributed by atoms with Crippen molar-refractivity contribution >= 4 is 27.8 Å². The normalized spacial score (nSPS) is 11.7. The van der Waals surface area contributed by atoms with Crippen LogP contribution in [0.4, 0.5) is 0 Å². The van der Waals surface area contributed by atoms with E-state index in [9.17, 15) is 4.79 Å². The maximum atomic E-state index is 12.4. The first-order valence-corrected chi connectivity index (χ1v) is 9.78. The highest BCUT2D eigenvalue weighted by molar-refractivity contribution is 5.95. The van der Waals surface area contributed by atoms with E-state index in [1.54, 1.807) is 6.07 Å². The Kier molecular flexibility index (Phi) is 5.07. The molecule has 0 saturated heterocycles. The second kappa shape index (κ2) is 7.68. The molecule has 2 aromatic carbocycles. The molecule has 0 amide bonds. The number of carbonyl (C=O) groups excluding carboxylic acids is 1. The summed E-state index contributed by atoms with van der Waals surface area (Å²) in [5.74, 6) is -0.322. The molecular weight excluding hydrogens is 362 g/mol. The van der Waals surface area contributed by atoms with E-state index in [-0.39, 0.29) is 12.7 Å². The average molecular weight is 387 g/mol. The fourth-order valence-electron chi connectivity index (χ4n) is 3.24. The molecule has 0 radical (unpaired) electrons. The number of nitrogens with one attached hydrogen (secondary N) is 1. The quantitative estimate of drug-likeness (QED) is 0.380. The summed E-state index contributed by atoms with van der Waals surface area (Å²) in [5, 5.41) is 2.09. The van der Waals surface area contributed by atoms with E-state index in [1.165, 1.54) is 5.39 Å². The summed E-state index contributed by atoms with van der Waals surface area (Å²) in [7, 11) is 1.93. The third kappa shape index (κ3) is 4.00. The molecular formula is C24H25N3O2. The van der Waals surface area contributed by atoms with Gasteiger partial charge >= 0.3 is 5.97 Å². The van der Waals surface area contributed by atoms with E-state index < -0.39 is 0 Å². The Hall–Kier alpha value is -3.18. The molecule has 0 bridgehead atoms. The molecule has 4 rings (SSSR count). The number of pyridine rings is 1. The highest BCUT2D eigenvalue weighted by Gasteiger charge is 2.12. The zero-order valence-electron chi connectivity index (χ0n) is 17.2. The van der Waals surface area contributed by atoms with Crippen molar-refractivity contribution in [3.8, 4) is 11.3 Å². The van der Waals surface area contributed by atoms with Crippen molar-refractivity contribution in [2.45, 2.75) is 26.8 Å². The molecule has 1 N–H and O–H groups in total. The molecule has 0 atom stereocenters. The van der Waals surface area contributed by atoms with Gasteiger partial charge in [-0.3, -0.25) is 4.90 Å². The topological polar surface area (TPSA) is 58.2 Å². The van der Waals surface area contributed by atoms with Gasteiger partial charge in [-0.15, -0.1) is 0 Å². The average Bonchev–Trinajstić information content (AvgIpc) is 3.09. The second-order valence-electron chi connectivity index (χ2n) is 7.77. The molecule has 5 heteroatoms. The van der Waals surface area contributed by atoms with Gasteiger partial charge in [0.05, 0.1) is 16.8 Å². The number of nitrogens with zero attached hydrogens (tertiary/aromatic N) is 2. The van der Waals surface area contributed by atoms with Gasteiger partial charge in [0.2, 0.25) is 0 Å². The van der Waals surface area contributed by atoms with Gasteiger partial charge in [-0.05, 0) is 70.3 Å². The molecule has 0 aliphatic rings. The van der Waals surface area contributed by atoms with Crippen LogP contribution < -0.4 is 0 Å². The molecule has 0 saturated carbocycles. The van der Waals surface area contributed by atoms with Crippen molar-refractivity contribution in [2.75, 3.05) is 13.8 Å². The molecule has 0 unspecified atom stereocenters. The van der Waals surface area contributed by atoms with Crippen molar-refractivity contribution in [3.63, 3.8) is 0 Å². The number of H-pyrrole nitrogens is 1. The van der Waals surface area contributed by atoms with Crippen molar-refractivity contribution in [2.24, 2.45) is 0 Å². The number of hydrogen-bond acceptors (Lipinski definition) is 4. The Balaban J connectivity index is 1.58. The van der Waals surface area contributed by atoms with E-state index in [0.717, 1.165) is 33.4 Å². The summed E-state index contributed by atoms with van der Waals surface area (Å²) in [6, 6.07) is 18.2. The first kappa shape index (κ1) is 19.2. The van der Waals surface area contributed by atoms with Gasteiger partial charge in [0.25, 0.3) is 0 Å². The van der Waals surface area contributed by atoms with Crippen molar-refractivity contribution in [3.05, 3.63) is 65.9 Å². The number of hydrogen-bond donors (Lipinski definition) is 1. The lowest BCUT2D eigenvalue weighted by Crippen LogP contribution is -2.30. The van der Waals surface area contributed by atoms with E-state index in [0.29, 0.717) is 11.6 Å². The highest BCUT2D eigenvalue weighted by atomic mass is 16.5. The molecule has 0 aliphatic carbocycles. The molecule has 0 spiro atoms. The minimum Gasteiger partial charge on any atom is -0.446 e. The number of fused-ring (bicyclic) bond motifs is 2. The van der Waals surface area contributed by atoms with E-state index in [4.69, 9.17) is 9.72 Å².